The summed E-state index contributed by atoms with van der Waals surface area (Å²) < 4.78 is 0. The number of pyridine rings is 1. The maximum Gasteiger partial charge on any atom is 0.242 e. The summed E-state index contributed by atoms with van der Waals surface area (Å²) in [6, 6.07) is 3.51. The summed E-state index contributed by atoms with van der Waals surface area (Å²) >= 11 is 0. The summed E-state index contributed by atoms with van der Waals surface area (Å²) in [6.07, 6.45) is 2.59. The summed E-state index contributed by atoms with van der Waals surface area (Å²) in [7, 11) is 0. The Kier molecular flexibility index (Phi) is 10.5. The van der Waals surface area contributed by atoms with E-state index in [2.05, 4.69) is 25.9 Å². The minimum Gasteiger partial charge on any atom is -0.387 e. The quantitative estimate of drug-likeness (QED) is 0.297. The number of carbonyl (C=O) groups excluding carboxylic acids is 1. The Morgan fingerprint density at radius 1 is 1.29 bits per heavy atom. The molecule has 1 unspecified atom stereocenters. The van der Waals surface area contributed by atoms with Gasteiger partial charge in [0.15, 0.2) is 5.96 Å². The number of amides is 1. The highest BCUT2D eigenvalue weighted by Gasteiger charge is 2.13. The highest BCUT2D eigenvalue weighted by Crippen LogP contribution is 2.09. The molecule has 0 aliphatic rings. The molecule has 1 aromatic rings. The molecule has 0 aromatic carbocycles. The molecule has 1 heterocycles. The lowest BCUT2D eigenvalue weighted by Crippen LogP contribution is -2.43. The fourth-order valence-electron chi connectivity index (χ4n) is 1.85. The van der Waals surface area contributed by atoms with Crippen LogP contribution in [-0.2, 0) is 4.79 Å². The molecule has 0 radical (unpaired) electrons. The van der Waals surface area contributed by atoms with E-state index >= 15 is 0 Å². The van der Waals surface area contributed by atoms with Crippen LogP contribution < -0.4 is 16.0 Å². The first-order valence-electron chi connectivity index (χ1n) is 7.73. The monoisotopic (exact) mass is 449 g/mol. The van der Waals surface area contributed by atoms with Crippen molar-refractivity contribution in [1.82, 2.24) is 20.9 Å². The molecular weight excluding hydrogens is 421 g/mol. The van der Waals surface area contributed by atoms with E-state index in [1.54, 1.807) is 24.5 Å². The van der Waals surface area contributed by atoms with Crippen molar-refractivity contribution in [2.75, 3.05) is 19.6 Å². The number of carbonyl (C=O) groups is 1. The summed E-state index contributed by atoms with van der Waals surface area (Å²) in [5, 5.41) is 19.0. The van der Waals surface area contributed by atoms with Gasteiger partial charge >= 0.3 is 0 Å². The van der Waals surface area contributed by atoms with Gasteiger partial charge < -0.3 is 21.1 Å². The molecule has 4 N–H and O–H groups in total. The second-order valence-electron chi connectivity index (χ2n) is 6.17. The molecule has 0 saturated heterocycles. The molecule has 0 aliphatic heterocycles. The first-order chi connectivity index (χ1) is 10.8. The van der Waals surface area contributed by atoms with Crippen molar-refractivity contribution >= 4 is 35.8 Å². The van der Waals surface area contributed by atoms with Crippen molar-refractivity contribution in [2.45, 2.75) is 39.3 Å². The van der Waals surface area contributed by atoms with E-state index in [-0.39, 0.29) is 48.5 Å². The molecule has 24 heavy (non-hydrogen) atoms. The van der Waals surface area contributed by atoms with E-state index < -0.39 is 6.10 Å². The number of guanidine groups is 1. The molecular formula is C16H28IN5O2. The first-order valence-corrected chi connectivity index (χ1v) is 7.73. The van der Waals surface area contributed by atoms with Gasteiger partial charge in [-0.25, -0.2) is 4.99 Å². The smallest absolute Gasteiger partial charge is 0.242 e. The van der Waals surface area contributed by atoms with Crippen LogP contribution in [0.2, 0.25) is 0 Å². The van der Waals surface area contributed by atoms with Crippen LogP contribution in [0.25, 0.3) is 0 Å². The highest BCUT2D eigenvalue weighted by molar-refractivity contribution is 14.0. The topological polar surface area (TPSA) is 98.6 Å². The van der Waals surface area contributed by atoms with Gasteiger partial charge in [0, 0.05) is 31.0 Å². The number of aliphatic hydroxyl groups is 1. The first kappa shape index (κ1) is 22.6. The van der Waals surface area contributed by atoms with Crippen LogP contribution in [-0.4, -0.2) is 47.1 Å². The van der Waals surface area contributed by atoms with Crippen LogP contribution in [0, 0.1) is 0 Å². The van der Waals surface area contributed by atoms with E-state index in [0.29, 0.717) is 12.5 Å². The lowest BCUT2D eigenvalue weighted by Gasteiger charge is -2.20. The number of aromatic nitrogens is 1. The average Bonchev–Trinajstić information content (AvgIpc) is 2.49. The second kappa shape index (κ2) is 11.2. The van der Waals surface area contributed by atoms with E-state index in [1.807, 2.05) is 27.7 Å². The van der Waals surface area contributed by atoms with E-state index in [0.717, 1.165) is 5.56 Å². The molecule has 1 rings (SSSR count). The number of hydrogen-bond acceptors (Lipinski definition) is 4. The van der Waals surface area contributed by atoms with Gasteiger partial charge in [-0.3, -0.25) is 9.78 Å². The van der Waals surface area contributed by atoms with Crippen molar-refractivity contribution < 1.29 is 9.90 Å². The van der Waals surface area contributed by atoms with Crippen molar-refractivity contribution in [2.24, 2.45) is 4.99 Å². The maximum absolute atomic E-state index is 11.8. The molecule has 0 saturated carbocycles. The minimum atomic E-state index is -0.676. The van der Waals surface area contributed by atoms with Gasteiger partial charge in [0.1, 0.15) is 6.54 Å². The molecule has 136 valence electrons. The largest absolute Gasteiger partial charge is 0.387 e. The predicted molar refractivity (Wildman–Crippen MR) is 106 cm³/mol. The van der Waals surface area contributed by atoms with Crippen molar-refractivity contribution in [3.05, 3.63) is 30.1 Å². The number of nitrogens with one attached hydrogen (secondary N) is 3. The third kappa shape index (κ3) is 9.66. The number of hydrogen-bond donors (Lipinski definition) is 4. The average molecular weight is 449 g/mol. The maximum atomic E-state index is 11.8. The Bertz CT molecular complexity index is 517. The van der Waals surface area contributed by atoms with Crippen LogP contribution in [0.3, 0.4) is 0 Å². The summed E-state index contributed by atoms with van der Waals surface area (Å²) in [5.41, 5.74) is 0.490. The van der Waals surface area contributed by atoms with E-state index in [4.69, 9.17) is 0 Å². The van der Waals surface area contributed by atoms with Crippen LogP contribution in [0.1, 0.15) is 39.4 Å². The standard InChI is InChI=1S/C16H27N5O2.HI/c1-5-18-15(20-11-14(23)21-16(2,3)4)19-10-13(22)12-6-8-17-9-7-12;/h6-9,13,22H,5,10-11H2,1-4H3,(H,21,23)(H2,18,19,20);1H. The van der Waals surface area contributed by atoms with Crippen molar-refractivity contribution in [1.29, 1.82) is 0 Å². The summed E-state index contributed by atoms with van der Waals surface area (Å²) in [6.45, 7) is 8.67. The van der Waals surface area contributed by atoms with E-state index in [9.17, 15) is 9.90 Å². The Morgan fingerprint density at radius 2 is 1.92 bits per heavy atom. The van der Waals surface area contributed by atoms with E-state index in [1.165, 1.54) is 0 Å². The molecule has 0 spiro atoms. The lowest BCUT2D eigenvalue weighted by molar-refractivity contribution is -0.121. The minimum absolute atomic E-state index is 0. The molecule has 0 fully saturated rings. The normalized spacial score (nSPS) is 12.8. The zero-order valence-electron chi connectivity index (χ0n) is 14.7. The predicted octanol–water partition coefficient (Wildman–Crippen LogP) is 1.20. The van der Waals surface area contributed by atoms with Gasteiger partial charge in [-0.2, -0.15) is 0 Å². The zero-order valence-corrected chi connectivity index (χ0v) is 17.0. The zero-order chi connectivity index (χ0) is 17.3. The highest BCUT2D eigenvalue weighted by atomic mass is 127. The second-order valence-corrected chi connectivity index (χ2v) is 6.17. The molecule has 1 amide bonds. The Labute approximate surface area is 160 Å². The summed E-state index contributed by atoms with van der Waals surface area (Å²) in [4.78, 5) is 19.9. The van der Waals surface area contributed by atoms with Gasteiger partial charge in [-0.05, 0) is 45.4 Å². The van der Waals surface area contributed by atoms with Crippen molar-refractivity contribution in [3.63, 3.8) is 0 Å². The number of aliphatic hydroxyl groups excluding tert-OH is 1. The molecule has 0 bridgehead atoms. The van der Waals surface area contributed by atoms with Gasteiger partial charge in [0.2, 0.25) is 5.91 Å². The fraction of sp³-hybridized carbons (Fsp3) is 0.562. The number of halogens is 1. The third-order valence-electron chi connectivity index (χ3n) is 2.79. The van der Waals surface area contributed by atoms with Crippen LogP contribution in [0.4, 0.5) is 0 Å². The summed E-state index contributed by atoms with van der Waals surface area (Å²) in [5.74, 6) is 0.342. The number of aliphatic imine (C=N–C) groups is 1. The number of rotatable bonds is 6. The number of nitrogens with zero attached hydrogens (tertiary/aromatic N) is 2. The third-order valence-corrected chi connectivity index (χ3v) is 2.79. The van der Waals surface area contributed by atoms with Crippen LogP contribution in [0.15, 0.2) is 29.5 Å². The van der Waals surface area contributed by atoms with Gasteiger partial charge in [0.05, 0.1) is 6.10 Å². The van der Waals surface area contributed by atoms with Crippen LogP contribution in [0.5, 0.6) is 0 Å². The van der Waals surface area contributed by atoms with Crippen molar-refractivity contribution in [3.8, 4) is 0 Å². The molecule has 1 atom stereocenters. The Morgan fingerprint density at radius 3 is 2.46 bits per heavy atom. The van der Waals surface area contributed by atoms with Gasteiger partial charge in [-0.1, -0.05) is 0 Å². The van der Waals surface area contributed by atoms with Gasteiger partial charge in [0.25, 0.3) is 0 Å². The molecule has 7 nitrogen and oxygen atoms in total. The van der Waals surface area contributed by atoms with Gasteiger partial charge in [-0.15, -0.1) is 24.0 Å². The Balaban J connectivity index is 0.00000529. The Hall–Kier alpha value is -1.42. The fourth-order valence-corrected chi connectivity index (χ4v) is 1.85. The SMILES string of the molecule is CCNC(=NCC(=O)NC(C)(C)C)NCC(O)c1ccncc1.I. The molecule has 1 aromatic heterocycles. The lowest BCUT2D eigenvalue weighted by atomic mass is 10.1. The van der Waals surface area contributed by atoms with Crippen LogP contribution >= 0.6 is 24.0 Å². The molecule has 0 aliphatic carbocycles. The molecule has 8 heteroatoms.